The van der Waals surface area contributed by atoms with Crippen molar-refractivity contribution >= 4 is 50.1 Å². The van der Waals surface area contributed by atoms with Crippen molar-refractivity contribution in [3.63, 3.8) is 0 Å². The van der Waals surface area contributed by atoms with Crippen LogP contribution in [0.5, 0.6) is 0 Å². The number of anilines is 1. The number of hydrogen-bond donors (Lipinski definition) is 1. The summed E-state index contributed by atoms with van der Waals surface area (Å²) in [7, 11) is 2.07. The minimum atomic E-state index is -0.835. The van der Waals surface area contributed by atoms with Crippen molar-refractivity contribution in [2.45, 2.75) is 19.3 Å². The smallest absolute Gasteiger partial charge is 0.323 e. The van der Waals surface area contributed by atoms with Crippen LogP contribution in [0.1, 0.15) is 24.4 Å². The Morgan fingerprint density at radius 3 is 2.60 bits per heavy atom. The summed E-state index contributed by atoms with van der Waals surface area (Å²) in [5.41, 5.74) is 4.04. The summed E-state index contributed by atoms with van der Waals surface area (Å²) in [4.78, 5) is 13.7. The fraction of sp³-hybridized carbons (Fsp3) is 0.200. The van der Waals surface area contributed by atoms with Gasteiger partial charge in [-0.15, -0.1) is 0 Å². The number of fused-ring (bicyclic) bond motifs is 4. The van der Waals surface area contributed by atoms with E-state index in [1.807, 2.05) is 29.2 Å². The van der Waals surface area contributed by atoms with Gasteiger partial charge in [0.2, 0.25) is 5.52 Å². The van der Waals surface area contributed by atoms with E-state index in [9.17, 15) is 9.90 Å². The molecule has 4 nitrogen and oxygen atoms in total. The third-order valence-corrected chi connectivity index (χ3v) is 7.25. The van der Waals surface area contributed by atoms with Gasteiger partial charge in [0.05, 0.1) is 0 Å². The molecular weight excluding hydrogens is 392 g/mol. The van der Waals surface area contributed by atoms with Crippen LogP contribution in [0.3, 0.4) is 0 Å². The highest BCUT2D eigenvalue weighted by molar-refractivity contribution is 7.18. The summed E-state index contributed by atoms with van der Waals surface area (Å²) >= 11 is 1.73. The minimum absolute atomic E-state index is 0.0603. The zero-order chi connectivity index (χ0) is 21.0. The van der Waals surface area contributed by atoms with E-state index >= 15 is 0 Å². The number of benzene rings is 3. The SMILES string of the molecule is C[n+]1c(C=C2N(CC(=O)O)c3ccc4ccccc4c3C2(C)C)sc2ccccc21. The third-order valence-electron chi connectivity index (χ3n) is 6.08. The normalized spacial score (nSPS) is 16.5. The molecule has 1 aliphatic rings. The van der Waals surface area contributed by atoms with Crippen molar-refractivity contribution in [1.82, 2.24) is 0 Å². The lowest BCUT2D eigenvalue weighted by atomic mass is 9.81. The number of aryl methyl sites for hydroxylation is 1. The van der Waals surface area contributed by atoms with Crippen molar-refractivity contribution in [2.24, 2.45) is 7.05 Å². The van der Waals surface area contributed by atoms with Gasteiger partial charge in [-0.25, -0.2) is 0 Å². The summed E-state index contributed by atoms with van der Waals surface area (Å²) in [6, 6.07) is 20.8. The average molecular weight is 416 g/mol. The van der Waals surface area contributed by atoms with Crippen LogP contribution in [0.15, 0.2) is 66.4 Å². The maximum absolute atomic E-state index is 11.8. The van der Waals surface area contributed by atoms with Crippen molar-refractivity contribution in [2.75, 3.05) is 11.4 Å². The van der Waals surface area contributed by atoms with Gasteiger partial charge in [-0.05, 0) is 28.5 Å². The first-order valence-corrected chi connectivity index (χ1v) is 10.8. The van der Waals surface area contributed by atoms with Crippen molar-refractivity contribution in [3.05, 3.63) is 76.9 Å². The van der Waals surface area contributed by atoms with Gasteiger partial charge in [-0.2, -0.15) is 4.57 Å². The molecule has 0 atom stereocenters. The molecule has 1 N–H and O–H groups in total. The molecule has 5 rings (SSSR count). The molecule has 150 valence electrons. The Labute approximate surface area is 179 Å². The zero-order valence-electron chi connectivity index (χ0n) is 17.2. The standard InChI is InChI=1S/C25H22N2O2S/c1-25(2)21(14-22-26(3)18-10-6-7-11-20(18)30-22)27(15-23(28)29)19-13-12-16-8-4-5-9-17(16)24(19)25/h4-14H,15H2,1-3H3/p+1. The maximum atomic E-state index is 11.8. The number of carboxylic acid groups (broad SMARTS) is 1. The van der Waals surface area contributed by atoms with Crippen LogP contribution in [-0.2, 0) is 17.3 Å². The largest absolute Gasteiger partial charge is 0.480 e. The Bertz CT molecular complexity index is 1350. The van der Waals surface area contributed by atoms with Crippen LogP contribution >= 0.6 is 11.3 Å². The van der Waals surface area contributed by atoms with E-state index in [1.54, 1.807) is 11.3 Å². The first kappa shape index (κ1) is 18.8. The Morgan fingerprint density at radius 1 is 1.10 bits per heavy atom. The summed E-state index contributed by atoms with van der Waals surface area (Å²) in [6.07, 6.45) is 2.17. The quantitative estimate of drug-likeness (QED) is 0.473. The summed E-state index contributed by atoms with van der Waals surface area (Å²) in [5.74, 6) is -0.835. The van der Waals surface area contributed by atoms with Crippen LogP contribution in [-0.4, -0.2) is 17.6 Å². The van der Waals surface area contributed by atoms with Crippen molar-refractivity contribution in [3.8, 4) is 0 Å². The highest BCUT2D eigenvalue weighted by atomic mass is 32.1. The molecular formula is C25H23N2O2S+. The summed E-state index contributed by atoms with van der Waals surface area (Å²) in [5, 5.41) is 13.1. The summed E-state index contributed by atoms with van der Waals surface area (Å²) < 4.78 is 3.40. The van der Waals surface area contributed by atoms with E-state index in [1.165, 1.54) is 26.6 Å². The lowest BCUT2D eigenvalue weighted by molar-refractivity contribution is -0.642. The van der Waals surface area contributed by atoms with Gasteiger partial charge in [0.1, 0.15) is 18.3 Å². The number of carbonyl (C=O) groups is 1. The fourth-order valence-electron chi connectivity index (χ4n) is 4.66. The fourth-order valence-corrected chi connectivity index (χ4v) is 5.75. The highest BCUT2D eigenvalue weighted by Crippen LogP contribution is 2.51. The predicted octanol–water partition coefficient (Wildman–Crippen LogP) is 5.10. The number of allylic oxidation sites excluding steroid dienone is 1. The molecule has 0 radical (unpaired) electrons. The molecule has 1 aromatic heterocycles. The topological polar surface area (TPSA) is 44.4 Å². The number of para-hydroxylation sites is 1. The van der Waals surface area contributed by atoms with Crippen LogP contribution in [0.2, 0.25) is 0 Å². The monoisotopic (exact) mass is 415 g/mol. The van der Waals surface area contributed by atoms with Crippen LogP contribution in [0.4, 0.5) is 5.69 Å². The molecule has 30 heavy (non-hydrogen) atoms. The molecule has 0 bridgehead atoms. The molecule has 1 aliphatic heterocycles. The van der Waals surface area contributed by atoms with Crippen LogP contribution in [0, 0.1) is 0 Å². The Morgan fingerprint density at radius 2 is 1.83 bits per heavy atom. The molecule has 0 aliphatic carbocycles. The van der Waals surface area contributed by atoms with Gasteiger partial charge in [0, 0.05) is 28.9 Å². The van der Waals surface area contributed by atoms with Crippen LogP contribution in [0.25, 0.3) is 27.1 Å². The number of aliphatic carboxylic acids is 1. The highest BCUT2D eigenvalue weighted by Gasteiger charge is 2.42. The lowest BCUT2D eigenvalue weighted by Gasteiger charge is -2.25. The molecule has 0 amide bonds. The average Bonchev–Trinajstić information content (AvgIpc) is 3.15. The van der Waals surface area contributed by atoms with Gasteiger partial charge in [0.15, 0.2) is 0 Å². The van der Waals surface area contributed by atoms with Gasteiger partial charge >= 0.3 is 5.97 Å². The predicted molar refractivity (Wildman–Crippen MR) is 123 cm³/mol. The lowest BCUT2D eigenvalue weighted by Crippen LogP contribution is -2.33. The van der Waals surface area contributed by atoms with Crippen molar-refractivity contribution < 1.29 is 14.5 Å². The Kier molecular flexibility index (Phi) is 4.19. The number of hydrogen-bond acceptors (Lipinski definition) is 3. The molecule has 0 unspecified atom stereocenters. The maximum Gasteiger partial charge on any atom is 0.323 e. The number of aromatic nitrogens is 1. The van der Waals surface area contributed by atoms with E-state index in [4.69, 9.17) is 0 Å². The molecule has 0 saturated carbocycles. The van der Waals surface area contributed by atoms with E-state index in [0.29, 0.717) is 0 Å². The van der Waals surface area contributed by atoms with E-state index in [-0.39, 0.29) is 12.0 Å². The van der Waals surface area contributed by atoms with Gasteiger partial charge < -0.3 is 10.0 Å². The second-order valence-corrected chi connectivity index (χ2v) is 9.34. The number of nitrogens with zero attached hydrogens (tertiary/aromatic N) is 2. The molecule has 0 fully saturated rings. The van der Waals surface area contributed by atoms with Crippen LogP contribution < -0.4 is 9.47 Å². The number of thiazole rings is 1. The van der Waals surface area contributed by atoms with E-state index < -0.39 is 5.97 Å². The van der Waals surface area contributed by atoms with Gasteiger partial charge in [-0.1, -0.05) is 67.6 Å². The Balaban J connectivity index is 1.77. The second kappa shape index (κ2) is 6.67. The van der Waals surface area contributed by atoms with E-state index in [0.717, 1.165) is 16.4 Å². The third kappa shape index (κ3) is 2.73. The number of carboxylic acids is 1. The molecule has 2 heterocycles. The molecule has 4 aromatic rings. The molecule has 0 saturated heterocycles. The van der Waals surface area contributed by atoms with Crippen molar-refractivity contribution in [1.29, 1.82) is 0 Å². The summed E-state index contributed by atoms with van der Waals surface area (Å²) in [6.45, 7) is 4.33. The minimum Gasteiger partial charge on any atom is -0.480 e. The van der Waals surface area contributed by atoms with Gasteiger partial charge in [0.25, 0.3) is 5.01 Å². The molecule has 3 aromatic carbocycles. The first-order valence-electron chi connectivity index (χ1n) is 9.99. The number of rotatable bonds is 3. The second-order valence-electron chi connectivity index (χ2n) is 8.28. The molecule has 5 heteroatoms. The zero-order valence-corrected chi connectivity index (χ0v) is 18.0. The molecule has 0 spiro atoms. The first-order chi connectivity index (χ1) is 14.4. The van der Waals surface area contributed by atoms with E-state index in [2.05, 4.69) is 67.9 Å². The van der Waals surface area contributed by atoms with Gasteiger partial charge in [-0.3, -0.25) is 4.79 Å². The Hall–Kier alpha value is -3.18.